The van der Waals surface area contributed by atoms with Gasteiger partial charge < -0.3 is 15.0 Å². The molecule has 46 heavy (non-hydrogen) atoms. The summed E-state index contributed by atoms with van der Waals surface area (Å²) in [6.07, 6.45) is 0.802. The van der Waals surface area contributed by atoms with E-state index >= 15 is 0 Å². The molecule has 0 radical (unpaired) electrons. The van der Waals surface area contributed by atoms with Crippen molar-refractivity contribution >= 4 is 27.5 Å². The molecule has 0 unspecified atom stereocenters. The highest BCUT2D eigenvalue weighted by Gasteiger charge is 2.35. The third kappa shape index (κ3) is 8.54. The maximum atomic E-state index is 14.6. The number of amides is 2. The van der Waals surface area contributed by atoms with E-state index in [2.05, 4.69) is 5.32 Å². The molecule has 0 saturated heterocycles. The van der Waals surface area contributed by atoms with Crippen molar-refractivity contribution in [2.24, 2.45) is 0 Å². The smallest absolute Gasteiger partial charge is 0.264 e. The van der Waals surface area contributed by atoms with Gasteiger partial charge in [0.2, 0.25) is 11.8 Å². The number of sulfonamides is 1. The van der Waals surface area contributed by atoms with Gasteiger partial charge in [-0.25, -0.2) is 8.42 Å². The molecule has 2 amide bonds. The summed E-state index contributed by atoms with van der Waals surface area (Å²) in [6.45, 7) is 7.12. The molecule has 1 N–H and O–H groups in total. The number of ether oxygens (including phenoxy) is 1. The molecule has 4 aromatic rings. The molecule has 4 rings (SSSR count). The van der Waals surface area contributed by atoms with Crippen molar-refractivity contribution in [1.82, 2.24) is 10.2 Å². The second kappa shape index (κ2) is 15.6. The molecule has 0 aliphatic carbocycles. The van der Waals surface area contributed by atoms with E-state index in [1.807, 2.05) is 88.4 Å². The molecule has 0 bridgehead atoms. The van der Waals surface area contributed by atoms with Gasteiger partial charge in [-0.05, 0) is 74.2 Å². The first-order valence-corrected chi connectivity index (χ1v) is 16.9. The number of aryl methyl sites for hydroxylation is 2. The maximum absolute atomic E-state index is 14.6. The highest BCUT2D eigenvalue weighted by Crippen LogP contribution is 2.29. The van der Waals surface area contributed by atoms with Crippen LogP contribution in [0, 0.1) is 6.92 Å². The molecule has 242 valence electrons. The van der Waals surface area contributed by atoms with Crippen LogP contribution in [0.3, 0.4) is 0 Å². The largest absolute Gasteiger partial charge is 0.497 e. The number of hydrogen-bond donors (Lipinski definition) is 1. The van der Waals surface area contributed by atoms with Crippen molar-refractivity contribution in [2.75, 3.05) is 18.0 Å². The minimum atomic E-state index is -4.17. The third-order valence-corrected chi connectivity index (χ3v) is 9.49. The van der Waals surface area contributed by atoms with Crippen LogP contribution in [0.5, 0.6) is 5.75 Å². The summed E-state index contributed by atoms with van der Waals surface area (Å²) < 4.78 is 35.2. The van der Waals surface area contributed by atoms with E-state index < -0.39 is 28.5 Å². The zero-order valence-corrected chi connectivity index (χ0v) is 28.0. The highest BCUT2D eigenvalue weighted by molar-refractivity contribution is 7.92. The second-order valence-electron chi connectivity index (χ2n) is 11.5. The number of nitrogens with zero attached hydrogens (tertiary/aromatic N) is 2. The van der Waals surface area contributed by atoms with Crippen LogP contribution < -0.4 is 14.4 Å². The fourth-order valence-electron chi connectivity index (χ4n) is 5.31. The Morgan fingerprint density at radius 1 is 0.848 bits per heavy atom. The molecule has 1 atom stereocenters. The van der Waals surface area contributed by atoms with Gasteiger partial charge in [0.05, 0.1) is 17.7 Å². The Hall–Kier alpha value is -4.63. The van der Waals surface area contributed by atoms with E-state index in [-0.39, 0.29) is 29.8 Å². The second-order valence-corrected chi connectivity index (χ2v) is 13.4. The summed E-state index contributed by atoms with van der Waals surface area (Å²) in [5.41, 5.74) is 3.73. The fraction of sp³-hybridized carbons (Fsp3) is 0.297. The minimum absolute atomic E-state index is 0.0624. The van der Waals surface area contributed by atoms with Crippen LogP contribution in [-0.2, 0) is 39.0 Å². The highest BCUT2D eigenvalue weighted by atomic mass is 32.2. The predicted molar refractivity (Wildman–Crippen MR) is 182 cm³/mol. The van der Waals surface area contributed by atoms with Crippen molar-refractivity contribution in [2.45, 2.75) is 64.1 Å². The molecule has 4 aromatic carbocycles. The van der Waals surface area contributed by atoms with Crippen LogP contribution in [0.2, 0.25) is 0 Å². The first kappa shape index (κ1) is 34.2. The Bertz CT molecular complexity index is 1720. The molecular weight excluding hydrogens is 598 g/mol. The van der Waals surface area contributed by atoms with Gasteiger partial charge in [0.15, 0.2) is 0 Å². The van der Waals surface area contributed by atoms with Crippen molar-refractivity contribution in [3.05, 3.63) is 125 Å². The average molecular weight is 642 g/mol. The summed E-state index contributed by atoms with van der Waals surface area (Å²) in [4.78, 5) is 30.1. The number of benzene rings is 4. The van der Waals surface area contributed by atoms with Crippen molar-refractivity contribution in [1.29, 1.82) is 0 Å². The molecule has 0 aliphatic heterocycles. The van der Waals surface area contributed by atoms with E-state index in [9.17, 15) is 18.0 Å². The minimum Gasteiger partial charge on any atom is -0.497 e. The van der Waals surface area contributed by atoms with Crippen molar-refractivity contribution in [3.63, 3.8) is 0 Å². The van der Waals surface area contributed by atoms with E-state index in [0.29, 0.717) is 17.9 Å². The average Bonchev–Trinajstić information content (AvgIpc) is 3.05. The quantitative estimate of drug-likeness (QED) is 0.184. The standard InChI is InChI=1S/C37H43N3O5S/c1-6-31-16-10-11-18-34(31)40(46(43,44)33-21-19-28(4)20-22-33)26-36(41)39(25-30-15-12-17-32(23-30)45-5)35(37(42)38-27(2)3)24-29-13-8-7-9-14-29/h7-23,27,35H,6,24-26H2,1-5H3,(H,38,42)/t35-/m0/s1. The predicted octanol–water partition coefficient (Wildman–Crippen LogP) is 5.93. The van der Waals surface area contributed by atoms with Crippen LogP contribution in [0.25, 0.3) is 0 Å². The van der Waals surface area contributed by atoms with Crippen LogP contribution in [-0.4, -0.2) is 50.9 Å². The van der Waals surface area contributed by atoms with Gasteiger partial charge >= 0.3 is 0 Å². The Morgan fingerprint density at radius 3 is 2.15 bits per heavy atom. The van der Waals surface area contributed by atoms with E-state index in [0.717, 1.165) is 22.3 Å². The lowest BCUT2D eigenvalue weighted by molar-refractivity contribution is -0.140. The Labute approximate surface area is 273 Å². The monoisotopic (exact) mass is 641 g/mol. The van der Waals surface area contributed by atoms with Crippen molar-refractivity contribution in [3.8, 4) is 5.75 Å². The van der Waals surface area contributed by atoms with Gasteiger partial charge in [0.1, 0.15) is 18.3 Å². The van der Waals surface area contributed by atoms with Gasteiger partial charge in [-0.1, -0.05) is 85.3 Å². The summed E-state index contributed by atoms with van der Waals surface area (Å²) >= 11 is 0. The molecule has 0 aromatic heterocycles. The van der Waals surface area contributed by atoms with Crippen LogP contribution >= 0.6 is 0 Å². The summed E-state index contributed by atoms with van der Waals surface area (Å²) in [7, 11) is -2.61. The van der Waals surface area contributed by atoms with Crippen LogP contribution in [0.1, 0.15) is 43.0 Å². The normalized spacial score (nSPS) is 12.0. The zero-order valence-electron chi connectivity index (χ0n) is 27.1. The van der Waals surface area contributed by atoms with E-state index in [1.54, 1.807) is 49.6 Å². The number of nitrogens with one attached hydrogen (secondary N) is 1. The number of hydrogen-bond acceptors (Lipinski definition) is 5. The molecule has 9 heteroatoms. The van der Waals surface area contributed by atoms with Gasteiger partial charge in [-0.3, -0.25) is 13.9 Å². The van der Waals surface area contributed by atoms with Gasteiger partial charge in [-0.2, -0.15) is 0 Å². The number of methoxy groups -OCH3 is 1. The van der Waals surface area contributed by atoms with Gasteiger partial charge in [0.25, 0.3) is 10.0 Å². The lowest BCUT2D eigenvalue weighted by atomic mass is 10.0. The Balaban J connectivity index is 1.84. The van der Waals surface area contributed by atoms with Gasteiger partial charge in [-0.15, -0.1) is 0 Å². The SMILES string of the molecule is CCc1ccccc1N(CC(=O)N(Cc1cccc(OC)c1)[C@@H](Cc1ccccc1)C(=O)NC(C)C)S(=O)(=O)c1ccc(C)cc1. The summed E-state index contributed by atoms with van der Waals surface area (Å²) in [5.74, 6) is -0.224. The lowest BCUT2D eigenvalue weighted by Gasteiger charge is -2.34. The Morgan fingerprint density at radius 2 is 1.50 bits per heavy atom. The lowest BCUT2D eigenvalue weighted by Crippen LogP contribution is -2.54. The number of para-hydroxylation sites is 1. The molecule has 0 saturated carbocycles. The molecule has 0 spiro atoms. The first-order valence-electron chi connectivity index (χ1n) is 15.5. The molecule has 0 fully saturated rings. The van der Waals surface area contributed by atoms with E-state index in [1.165, 1.54) is 9.21 Å². The van der Waals surface area contributed by atoms with Crippen LogP contribution in [0.4, 0.5) is 5.69 Å². The number of carbonyl (C=O) groups excluding carboxylic acids is 2. The topological polar surface area (TPSA) is 96.0 Å². The fourth-order valence-corrected chi connectivity index (χ4v) is 6.76. The third-order valence-electron chi connectivity index (χ3n) is 7.72. The van der Waals surface area contributed by atoms with Gasteiger partial charge in [0, 0.05) is 19.0 Å². The Kier molecular flexibility index (Phi) is 11.6. The maximum Gasteiger partial charge on any atom is 0.264 e. The summed E-state index contributed by atoms with van der Waals surface area (Å²) in [5, 5.41) is 2.98. The van der Waals surface area contributed by atoms with E-state index in [4.69, 9.17) is 4.74 Å². The molecule has 8 nitrogen and oxygen atoms in total. The molecule has 0 heterocycles. The summed E-state index contributed by atoms with van der Waals surface area (Å²) in [6, 6.07) is 29.5. The molecular formula is C37H43N3O5S. The zero-order chi connectivity index (χ0) is 33.3. The molecule has 0 aliphatic rings. The first-order chi connectivity index (χ1) is 22.0. The number of carbonyl (C=O) groups is 2. The number of anilines is 1. The van der Waals surface area contributed by atoms with Crippen molar-refractivity contribution < 1.29 is 22.7 Å². The van der Waals surface area contributed by atoms with Crippen LogP contribution in [0.15, 0.2) is 108 Å². The number of rotatable bonds is 14.